The van der Waals surface area contributed by atoms with Gasteiger partial charge in [0.05, 0.1) is 13.2 Å². The third kappa shape index (κ3) is 14.6. The van der Waals surface area contributed by atoms with Crippen LogP contribution in [0.4, 0.5) is 0 Å². The van der Waals surface area contributed by atoms with Crippen molar-refractivity contribution < 1.29 is 4.74 Å². The van der Waals surface area contributed by atoms with Gasteiger partial charge in [-0.3, -0.25) is 0 Å². The number of unbranched alkanes of at least 4 members (excludes halogenated alkanes) is 6. The maximum Gasteiger partial charge on any atom is 0.131 e. The van der Waals surface area contributed by atoms with Gasteiger partial charge in [-0.15, -0.1) is 0 Å². The summed E-state index contributed by atoms with van der Waals surface area (Å²) in [6.07, 6.45) is 24.5. The van der Waals surface area contributed by atoms with Crippen molar-refractivity contribution in [3.8, 4) is 0 Å². The fourth-order valence-electron chi connectivity index (χ4n) is 8.50. The molecule has 0 radical (unpaired) electrons. The van der Waals surface area contributed by atoms with Gasteiger partial charge < -0.3 is 4.74 Å². The second kappa shape index (κ2) is 25.1. The Morgan fingerprint density at radius 3 is 1.11 bits per heavy atom. The van der Waals surface area contributed by atoms with Crippen LogP contribution in [0, 0.1) is 0 Å². The first kappa shape index (κ1) is 45.5. The lowest BCUT2D eigenvalue weighted by Crippen LogP contribution is -2.07. The van der Waals surface area contributed by atoms with Crippen molar-refractivity contribution in [1.29, 1.82) is 0 Å². The number of rotatable bonds is 26. The van der Waals surface area contributed by atoms with Crippen molar-refractivity contribution in [2.45, 2.75) is 154 Å². The van der Waals surface area contributed by atoms with Crippen LogP contribution >= 0.6 is 0 Å². The van der Waals surface area contributed by atoms with E-state index in [0.717, 1.165) is 50.2 Å². The van der Waals surface area contributed by atoms with Gasteiger partial charge in [0, 0.05) is 48.5 Å². The van der Waals surface area contributed by atoms with Crippen LogP contribution in [-0.2, 0) is 30.8 Å². The average molecular weight is 815 g/mol. The molecule has 2 aromatic heterocycles. The first-order valence-electron chi connectivity index (χ1n) is 23.5. The van der Waals surface area contributed by atoms with Crippen LogP contribution in [-0.4, -0.2) is 19.9 Å². The molecular formula is C56H70N4O. The topological polar surface area (TPSA) is 60.8 Å². The Morgan fingerprint density at radius 2 is 0.754 bits per heavy atom. The molecule has 5 heteroatoms. The summed E-state index contributed by atoms with van der Waals surface area (Å²) in [6, 6.07) is 39.9. The molecule has 0 bridgehead atoms. The SMILES string of the molecule is CCCCCCc1cnc(C(C)CCC(c2ccccc2)c2ccc(COCc3ccc(C(CCC(C)c4ncc(CCCCCC)cn4)c4ccccc4)cc3)cc2)nc1. The van der Waals surface area contributed by atoms with E-state index in [0.29, 0.717) is 36.9 Å². The molecular weight excluding hydrogens is 745 g/mol. The fourth-order valence-corrected chi connectivity index (χ4v) is 8.50. The Labute approximate surface area is 367 Å². The normalized spacial score (nSPS) is 13.4. The summed E-state index contributed by atoms with van der Waals surface area (Å²) in [5.74, 6) is 3.11. The van der Waals surface area contributed by atoms with Gasteiger partial charge in [0.15, 0.2) is 0 Å². The predicted octanol–water partition coefficient (Wildman–Crippen LogP) is 14.7. The van der Waals surface area contributed by atoms with Crippen molar-refractivity contribution in [3.05, 3.63) is 190 Å². The Kier molecular flexibility index (Phi) is 18.7. The lowest BCUT2D eigenvalue weighted by molar-refractivity contribution is 0.107. The van der Waals surface area contributed by atoms with Crippen molar-refractivity contribution >= 4 is 0 Å². The van der Waals surface area contributed by atoms with Gasteiger partial charge in [-0.1, -0.05) is 175 Å². The van der Waals surface area contributed by atoms with E-state index in [2.05, 4.69) is 137 Å². The van der Waals surface area contributed by atoms with Crippen molar-refractivity contribution in [2.75, 3.05) is 0 Å². The molecule has 320 valence electrons. The van der Waals surface area contributed by atoms with Crippen LogP contribution < -0.4 is 0 Å². The highest BCUT2D eigenvalue weighted by Crippen LogP contribution is 2.34. The van der Waals surface area contributed by atoms with Crippen LogP contribution in [0.3, 0.4) is 0 Å². The lowest BCUT2D eigenvalue weighted by atomic mass is 9.85. The fraction of sp³-hybridized carbons (Fsp3) is 0.429. The number of ether oxygens (including phenoxy) is 1. The zero-order valence-corrected chi connectivity index (χ0v) is 37.5. The summed E-state index contributed by atoms with van der Waals surface area (Å²) >= 11 is 0. The van der Waals surface area contributed by atoms with Gasteiger partial charge >= 0.3 is 0 Å². The number of nitrogens with zero attached hydrogens (tertiary/aromatic N) is 4. The Morgan fingerprint density at radius 1 is 0.393 bits per heavy atom. The van der Waals surface area contributed by atoms with Crippen LogP contribution in [0.25, 0.3) is 0 Å². The summed E-state index contributed by atoms with van der Waals surface area (Å²) < 4.78 is 6.29. The maximum atomic E-state index is 6.29. The molecule has 0 aliphatic rings. The quantitative estimate of drug-likeness (QED) is 0.0511. The summed E-state index contributed by atoms with van der Waals surface area (Å²) in [4.78, 5) is 19.2. The Balaban J connectivity index is 1.01. The zero-order chi connectivity index (χ0) is 42.5. The van der Waals surface area contributed by atoms with E-state index in [1.165, 1.54) is 95.9 Å². The summed E-state index contributed by atoms with van der Waals surface area (Å²) in [7, 11) is 0. The molecule has 0 saturated heterocycles. The van der Waals surface area contributed by atoms with E-state index in [4.69, 9.17) is 24.7 Å². The Hall–Kier alpha value is -5.00. The number of aromatic nitrogens is 4. The van der Waals surface area contributed by atoms with E-state index >= 15 is 0 Å². The van der Waals surface area contributed by atoms with Gasteiger partial charge in [-0.2, -0.15) is 0 Å². The Bertz CT molecular complexity index is 1910. The molecule has 0 saturated carbocycles. The molecule has 0 aliphatic carbocycles. The van der Waals surface area contributed by atoms with Crippen LogP contribution in [0.5, 0.6) is 0 Å². The van der Waals surface area contributed by atoms with Crippen molar-refractivity contribution in [3.63, 3.8) is 0 Å². The standard InChI is InChI=1S/C56H70N4O/c1-5-7-9-13-19-47-37-57-55(58-38-47)43(3)25-35-53(49-21-15-11-16-22-49)51-31-27-45(28-32-51)41-61-42-46-29-33-52(34-30-46)54(50-23-17-12-18-24-50)36-26-44(4)56-59-39-48(40-60-56)20-14-10-8-6-2/h11-12,15-18,21-24,27-34,37-40,43-44,53-54H,5-10,13-14,19-20,25-26,35-36,41-42H2,1-4H3. The molecule has 4 unspecified atom stereocenters. The number of benzene rings is 4. The van der Waals surface area contributed by atoms with Crippen LogP contribution in [0.15, 0.2) is 134 Å². The summed E-state index contributed by atoms with van der Waals surface area (Å²) in [5.41, 5.74) is 10.2. The monoisotopic (exact) mass is 815 g/mol. The van der Waals surface area contributed by atoms with Gasteiger partial charge in [0.1, 0.15) is 11.6 Å². The zero-order valence-electron chi connectivity index (χ0n) is 37.5. The first-order chi connectivity index (χ1) is 30.0. The highest BCUT2D eigenvalue weighted by molar-refractivity contribution is 5.36. The molecule has 5 nitrogen and oxygen atoms in total. The number of hydrogen-bond donors (Lipinski definition) is 0. The van der Waals surface area contributed by atoms with E-state index in [1.54, 1.807) is 0 Å². The molecule has 4 aromatic carbocycles. The smallest absolute Gasteiger partial charge is 0.131 e. The van der Waals surface area contributed by atoms with Gasteiger partial charge in [0.2, 0.25) is 0 Å². The molecule has 6 aromatic rings. The van der Waals surface area contributed by atoms with Crippen molar-refractivity contribution in [2.24, 2.45) is 0 Å². The molecule has 6 rings (SSSR count). The summed E-state index contributed by atoms with van der Waals surface area (Å²) in [6.45, 7) is 10.2. The van der Waals surface area contributed by atoms with Gasteiger partial charge in [-0.25, -0.2) is 19.9 Å². The van der Waals surface area contributed by atoms with E-state index in [-0.39, 0.29) is 0 Å². The molecule has 0 N–H and O–H groups in total. The average Bonchev–Trinajstić information content (AvgIpc) is 3.31. The minimum absolute atomic E-state index is 0.295. The van der Waals surface area contributed by atoms with E-state index < -0.39 is 0 Å². The molecule has 4 atom stereocenters. The molecule has 61 heavy (non-hydrogen) atoms. The first-order valence-corrected chi connectivity index (χ1v) is 23.5. The number of hydrogen-bond acceptors (Lipinski definition) is 5. The van der Waals surface area contributed by atoms with Crippen LogP contribution in [0.1, 0.15) is 185 Å². The number of aryl methyl sites for hydroxylation is 2. The second-order valence-electron chi connectivity index (χ2n) is 17.4. The predicted molar refractivity (Wildman–Crippen MR) is 253 cm³/mol. The largest absolute Gasteiger partial charge is 0.372 e. The van der Waals surface area contributed by atoms with Gasteiger partial charge in [-0.05, 0) is 95.9 Å². The summed E-state index contributed by atoms with van der Waals surface area (Å²) in [5, 5.41) is 0. The third-order valence-corrected chi connectivity index (χ3v) is 12.5. The van der Waals surface area contributed by atoms with Crippen LogP contribution in [0.2, 0.25) is 0 Å². The van der Waals surface area contributed by atoms with E-state index in [1.807, 2.05) is 24.8 Å². The molecule has 2 heterocycles. The highest BCUT2D eigenvalue weighted by atomic mass is 16.5. The molecule has 0 spiro atoms. The molecule has 0 fully saturated rings. The minimum Gasteiger partial charge on any atom is -0.372 e. The van der Waals surface area contributed by atoms with E-state index in [9.17, 15) is 0 Å². The highest BCUT2D eigenvalue weighted by Gasteiger charge is 2.19. The second-order valence-corrected chi connectivity index (χ2v) is 17.4. The lowest BCUT2D eigenvalue weighted by Gasteiger charge is -2.21. The maximum absolute atomic E-state index is 6.29. The molecule has 0 amide bonds. The third-order valence-electron chi connectivity index (χ3n) is 12.5. The van der Waals surface area contributed by atoms with Gasteiger partial charge in [0.25, 0.3) is 0 Å². The van der Waals surface area contributed by atoms with Crippen molar-refractivity contribution in [1.82, 2.24) is 19.9 Å². The minimum atomic E-state index is 0.295. The molecule has 0 aliphatic heterocycles.